The fraction of sp³-hybridized carbons (Fsp3) is 0.375. The molecule has 1 heterocycles. The Morgan fingerprint density at radius 3 is 2.70 bits per heavy atom. The molecule has 0 amide bonds. The zero-order chi connectivity index (χ0) is 14.5. The van der Waals surface area contributed by atoms with Crippen LogP contribution in [0.2, 0.25) is 0 Å². The van der Waals surface area contributed by atoms with Crippen LogP contribution in [0.25, 0.3) is 0 Å². The average molecular weight is 271 g/mol. The number of aryl methyl sites for hydroxylation is 3. The number of nitrogens with one attached hydrogen (secondary N) is 1. The first-order chi connectivity index (χ1) is 9.60. The van der Waals surface area contributed by atoms with Gasteiger partial charge in [0.1, 0.15) is 5.75 Å². The molecular weight excluding hydrogens is 250 g/mol. The molecule has 0 bridgehead atoms. The minimum atomic E-state index is 0.604. The molecular formula is C16H21N3O. The number of aromatic nitrogens is 2. The standard InChI is InChI=1S/C16H21N3O/c1-5-8-17-16-18-10-13(4)15(19-16)20-14-9-11(2)6-7-12(14)3/h6-7,9-10H,5,8H2,1-4H3,(H,17,18,19). The summed E-state index contributed by atoms with van der Waals surface area (Å²) in [5.74, 6) is 2.05. The van der Waals surface area contributed by atoms with E-state index in [0.29, 0.717) is 11.8 Å². The van der Waals surface area contributed by atoms with E-state index in [-0.39, 0.29) is 0 Å². The Balaban J connectivity index is 2.25. The van der Waals surface area contributed by atoms with Crippen molar-refractivity contribution in [1.82, 2.24) is 9.97 Å². The number of nitrogens with zero attached hydrogens (tertiary/aromatic N) is 2. The second kappa shape index (κ2) is 6.37. The first-order valence-corrected chi connectivity index (χ1v) is 6.92. The Hall–Kier alpha value is -2.10. The van der Waals surface area contributed by atoms with Gasteiger partial charge < -0.3 is 10.1 Å². The third-order valence-corrected chi connectivity index (χ3v) is 3.01. The fourth-order valence-corrected chi connectivity index (χ4v) is 1.77. The van der Waals surface area contributed by atoms with E-state index in [4.69, 9.17) is 4.74 Å². The summed E-state index contributed by atoms with van der Waals surface area (Å²) in [4.78, 5) is 8.69. The van der Waals surface area contributed by atoms with Crippen molar-refractivity contribution >= 4 is 5.95 Å². The van der Waals surface area contributed by atoms with E-state index < -0.39 is 0 Å². The van der Waals surface area contributed by atoms with Crippen molar-refractivity contribution in [2.45, 2.75) is 34.1 Å². The minimum Gasteiger partial charge on any atom is -0.438 e. The van der Waals surface area contributed by atoms with Gasteiger partial charge in [0.05, 0.1) is 0 Å². The van der Waals surface area contributed by atoms with Crippen LogP contribution in [0, 0.1) is 20.8 Å². The second-order valence-corrected chi connectivity index (χ2v) is 4.98. The summed E-state index contributed by atoms with van der Waals surface area (Å²) in [6, 6.07) is 6.15. The average Bonchev–Trinajstić information content (AvgIpc) is 2.43. The van der Waals surface area contributed by atoms with Crippen LogP contribution in [0.5, 0.6) is 11.6 Å². The molecule has 0 aliphatic carbocycles. The van der Waals surface area contributed by atoms with E-state index in [0.717, 1.165) is 29.8 Å². The molecule has 0 saturated carbocycles. The second-order valence-electron chi connectivity index (χ2n) is 4.98. The Morgan fingerprint density at radius 2 is 1.95 bits per heavy atom. The molecule has 2 rings (SSSR count). The van der Waals surface area contributed by atoms with Crippen LogP contribution in [0.1, 0.15) is 30.0 Å². The van der Waals surface area contributed by atoms with Gasteiger partial charge in [-0.1, -0.05) is 19.1 Å². The molecule has 0 aliphatic heterocycles. The van der Waals surface area contributed by atoms with E-state index in [2.05, 4.69) is 34.3 Å². The Kier molecular flexibility index (Phi) is 4.56. The summed E-state index contributed by atoms with van der Waals surface area (Å²) in [6.45, 7) is 8.99. The number of benzene rings is 1. The zero-order valence-electron chi connectivity index (χ0n) is 12.5. The van der Waals surface area contributed by atoms with Crippen molar-refractivity contribution in [3.63, 3.8) is 0 Å². The number of hydrogen-bond donors (Lipinski definition) is 1. The third kappa shape index (κ3) is 3.47. The smallest absolute Gasteiger partial charge is 0.226 e. The summed E-state index contributed by atoms with van der Waals surface area (Å²) in [7, 11) is 0. The molecule has 0 aliphatic rings. The lowest BCUT2D eigenvalue weighted by molar-refractivity contribution is 0.454. The van der Waals surface area contributed by atoms with E-state index in [1.807, 2.05) is 26.8 Å². The molecule has 0 spiro atoms. The van der Waals surface area contributed by atoms with Gasteiger partial charge in [0.25, 0.3) is 0 Å². The summed E-state index contributed by atoms with van der Waals surface area (Å²) < 4.78 is 5.95. The van der Waals surface area contributed by atoms with Crippen LogP contribution < -0.4 is 10.1 Å². The van der Waals surface area contributed by atoms with E-state index in [1.54, 1.807) is 6.20 Å². The first-order valence-electron chi connectivity index (χ1n) is 6.92. The van der Waals surface area contributed by atoms with Gasteiger partial charge in [-0.25, -0.2) is 4.98 Å². The predicted octanol–water partition coefficient (Wildman–Crippen LogP) is 4.02. The van der Waals surface area contributed by atoms with Gasteiger partial charge in [0, 0.05) is 18.3 Å². The van der Waals surface area contributed by atoms with E-state index in [1.165, 1.54) is 5.56 Å². The highest BCUT2D eigenvalue weighted by molar-refractivity contribution is 5.41. The van der Waals surface area contributed by atoms with Crippen LogP contribution in [0.15, 0.2) is 24.4 Å². The molecule has 0 atom stereocenters. The minimum absolute atomic E-state index is 0.604. The third-order valence-electron chi connectivity index (χ3n) is 3.01. The van der Waals surface area contributed by atoms with Gasteiger partial charge in [0.15, 0.2) is 0 Å². The number of anilines is 1. The van der Waals surface area contributed by atoms with Crippen LogP contribution in [-0.2, 0) is 0 Å². The highest BCUT2D eigenvalue weighted by Crippen LogP contribution is 2.27. The molecule has 4 heteroatoms. The summed E-state index contributed by atoms with van der Waals surface area (Å²) in [6.07, 6.45) is 2.82. The van der Waals surface area contributed by atoms with Crippen molar-refractivity contribution in [3.8, 4) is 11.6 Å². The molecule has 2 aromatic rings. The predicted molar refractivity (Wildman–Crippen MR) is 81.5 cm³/mol. The Bertz CT molecular complexity index is 596. The van der Waals surface area contributed by atoms with Crippen LogP contribution >= 0.6 is 0 Å². The normalized spacial score (nSPS) is 10.4. The number of hydrogen-bond acceptors (Lipinski definition) is 4. The van der Waals surface area contributed by atoms with Crippen LogP contribution in [-0.4, -0.2) is 16.5 Å². The molecule has 0 saturated heterocycles. The van der Waals surface area contributed by atoms with Gasteiger partial charge in [-0.3, -0.25) is 0 Å². The van der Waals surface area contributed by atoms with Gasteiger partial charge in [-0.2, -0.15) is 4.98 Å². The van der Waals surface area contributed by atoms with Crippen molar-refractivity contribution in [3.05, 3.63) is 41.1 Å². The van der Waals surface area contributed by atoms with Gasteiger partial charge in [-0.15, -0.1) is 0 Å². The SMILES string of the molecule is CCCNc1ncc(C)c(Oc2cc(C)ccc2C)n1. The molecule has 1 N–H and O–H groups in total. The molecule has 106 valence electrons. The van der Waals surface area contributed by atoms with Crippen molar-refractivity contribution in [2.24, 2.45) is 0 Å². The van der Waals surface area contributed by atoms with Crippen LogP contribution in [0.4, 0.5) is 5.95 Å². The fourth-order valence-electron chi connectivity index (χ4n) is 1.77. The maximum atomic E-state index is 5.95. The molecule has 1 aromatic carbocycles. The highest BCUT2D eigenvalue weighted by Gasteiger charge is 2.08. The summed E-state index contributed by atoms with van der Waals surface area (Å²) >= 11 is 0. The number of ether oxygens (including phenoxy) is 1. The molecule has 0 unspecified atom stereocenters. The quantitative estimate of drug-likeness (QED) is 0.892. The first kappa shape index (κ1) is 14.3. The van der Waals surface area contributed by atoms with E-state index in [9.17, 15) is 0 Å². The lowest BCUT2D eigenvalue weighted by Gasteiger charge is -2.12. The highest BCUT2D eigenvalue weighted by atomic mass is 16.5. The zero-order valence-corrected chi connectivity index (χ0v) is 12.5. The Labute approximate surface area is 120 Å². The van der Waals surface area contributed by atoms with E-state index >= 15 is 0 Å². The topological polar surface area (TPSA) is 47.0 Å². The lowest BCUT2D eigenvalue weighted by Crippen LogP contribution is -2.05. The van der Waals surface area contributed by atoms with Gasteiger partial charge >= 0.3 is 0 Å². The molecule has 0 fully saturated rings. The van der Waals surface area contributed by atoms with Crippen molar-refractivity contribution < 1.29 is 4.74 Å². The van der Waals surface area contributed by atoms with Crippen molar-refractivity contribution in [2.75, 3.05) is 11.9 Å². The molecule has 4 nitrogen and oxygen atoms in total. The van der Waals surface area contributed by atoms with Gasteiger partial charge in [-0.05, 0) is 44.4 Å². The van der Waals surface area contributed by atoms with Crippen molar-refractivity contribution in [1.29, 1.82) is 0 Å². The summed E-state index contributed by atoms with van der Waals surface area (Å²) in [5.41, 5.74) is 3.19. The maximum Gasteiger partial charge on any atom is 0.226 e. The molecule has 0 radical (unpaired) electrons. The number of rotatable bonds is 5. The Morgan fingerprint density at radius 1 is 1.15 bits per heavy atom. The monoisotopic (exact) mass is 271 g/mol. The molecule has 1 aromatic heterocycles. The summed E-state index contributed by atoms with van der Waals surface area (Å²) in [5, 5.41) is 3.17. The van der Waals surface area contributed by atoms with Gasteiger partial charge in [0.2, 0.25) is 11.8 Å². The largest absolute Gasteiger partial charge is 0.438 e. The molecule has 20 heavy (non-hydrogen) atoms. The maximum absolute atomic E-state index is 5.95. The lowest BCUT2D eigenvalue weighted by atomic mass is 10.1. The van der Waals surface area contributed by atoms with Crippen LogP contribution in [0.3, 0.4) is 0 Å².